The van der Waals surface area contributed by atoms with Gasteiger partial charge in [-0.25, -0.2) is 9.97 Å². The van der Waals surface area contributed by atoms with Crippen molar-refractivity contribution in [3.8, 4) is 0 Å². The number of aliphatic carboxylic acids is 1. The van der Waals surface area contributed by atoms with Crippen LogP contribution in [0.4, 0.5) is 11.5 Å². The summed E-state index contributed by atoms with van der Waals surface area (Å²) in [6.07, 6.45) is 3.28. The van der Waals surface area contributed by atoms with Gasteiger partial charge in [0.15, 0.2) is 5.82 Å². The van der Waals surface area contributed by atoms with Gasteiger partial charge in [-0.3, -0.25) is 9.69 Å². The molecule has 0 spiro atoms. The fourth-order valence-corrected chi connectivity index (χ4v) is 3.18. The van der Waals surface area contributed by atoms with E-state index in [1.165, 1.54) is 11.8 Å². The fourth-order valence-electron chi connectivity index (χ4n) is 2.20. The van der Waals surface area contributed by atoms with Gasteiger partial charge in [0.05, 0.1) is 12.1 Å². The lowest BCUT2D eigenvalue weighted by Gasteiger charge is -2.30. The Balaban J connectivity index is 2.05. The Labute approximate surface area is 125 Å². The van der Waals surface area contributed by atoms with Crippen LogP contribution in [0.2, 0.25) is 0 Å². The van der Waals surface area contributed by atoms with E-state index in [4.69, 9.17) is 9.84 Å². The van der Waals surface area contributed by atoms with Crippen molar-refractivity contribution in [2.45, 2.75) is 16.3 Å². The van der Waals surface area contributed by atoms with E-state index in [2.05, 4.69) is 9.97 Å². The minimum atomic E-state index is -0.850. The van der Waals surface area contributed by atoms with Crippen molar-refractivity contribution in [2.24, 2.45) is 0 Å². The monoisotopic (exact) mass is 303 g/mol. The maximum atomic E-state index is 10.9. The number of benzene rings is 1. The van der Waals surface area contributed by atoms with Gasteiger partial charge in [-0.05, 0) is 17.7 Å². The second kappa shape index (κ2) is 5.71. The van der Waals surface area contributed by atoms with Crippen LogP contribution >= 0.6 is 11.8 Å². The molecule has 0 saturated heterocycles. The Kier molecular flexibility index (Phi) is 3.76. The highest BCUT2D eigenvalue weighted by molar-refractivity contribution is 7.99. The molecule has 2 aromatic rings. The van der Waals surface area contributed by atoms with Gasteiger partial charge in [0, 0.05) is 24.4 Å². The van der Waals surface area contributed by atoms with Crippen LogP contribution in [0.1, 0.15) is 5.56 Å². The van der Waals surface area contributed by atoms with Crippen LogP contribution in [-0.4, -0.2) is 34.9 Å². The molecule has 1 aliphatic heterocycles. The first-order valence-electron chi connectivity index (χ1n) is 6.29. The summed E-state index contributed by atoms with van der Waals surface area (Å²) < 4.78 is 5.25. The first kappa shape index (κ1) is 13.8. The number of ether oxygens (including phenoxy) is 1. The number of aromatic nitrogens is 2. The molecule has 21 heavy (non-hydrogen) atoms. The number of carboxylic acid groups (broad SMARTS) is 1. The largest absolute Gasteiger partial charge is 0.481 e. The van der Waals surface area contributed by atoms with Crippen LogP contribution in [0.5, 0.6) is 0 Å². The van der Waals surface area contributed by atoms with Crippen molar-refractivity contribution >= 4 is 29.2 Å². The molecule has 0 radical (unpaired) electrons. The minimum absolute atomic E-state index is 0.00784. The summed E-state index contributed by atoms with van der Waals surface area (Å²) in [6, 6.07) is 5.61. The van der Waals surface area contributed by atoms with Crippen molar-refractivity contribution in [1.82, 2.24) is 9.97 Å². The van der Waals surface area contributed by atoms with Crippen LogP contribution in [0, 0.1) is 0 Å². The summed E-state index contributed by atoms with van der Waals surface area (Å²) in [4.78, 5) is 22.5. The number of hydrogen-bond acceptors (Lipinski definition) is 6. The van der Waals surface area contributed by atoms with Gasteiger partial charge in [0.2, 0.25) is 0 Å². The standard InChI is InChI=1S/C14H13N3O3S/c1-20-8-17-10-6-9(7-12(18)19)2-3-11(10)21-14-13(17)15-4-5-16-14/h2-6H,7-8H2,1H3,(H,18,19). The highest BCUT2D eigenvalue weighted by Gasteiger charge is 2.25. The first-order valence-corrected chi connectivity index (χ1v) is 7.10. The molecular formula is C14H13N3O3S. The third-order valence-corrected chi connectivity index (χ3v) is 4.08. The average Bonchev–Trinajstić information content (AvgIpc) is 2.47. The number of rotatable bonds is 4. The molecule has 6 nitrogen and oxygen atoms in total. The summed E-state index contributed by atoms with van der Waals surface area (Å²) in [6.45, 7) is 0.329. The van der Waals surface area contributed by atoms with Gasteiger partial charge < -0.3 is 9.84 Å². The van der Waals surface area contributed by atoms with Gasteiger partial charge in [0.1, 0.15) is 11.8 Å². The normalized spacial score (nSPS) is 12.7. The van der Waals surface area contributed by atoms with E-state index < -0.39 is 5.97 Å². The molecule has 0 amide bonds. The Morgan fingerprint density at radius 3 is 2.95 bits per heavy atom. The first-order chi connectivity index (χ1) is 10.2. The van der Waals surface area contributed by atoms with Crippen LogP contribution in [0.25, 0.3) is 0 Å². The van der Waals surface area contributed by atoms with Crippen LogP contribution < -0.4 is 4.90 Å². The second-order valence-corrected chi connectivity index (χ2v) is 5.54. The zero-order valence-corrected chi connectivity index (χ0v) is 12.1. The maximum absolute atomic E-state index is 10.9. The number of methoxy groups -OCH3 is 1. The molecular weight excluding hydrogens is 290 g/mol. The third kappa shape index (κ3) is 2.70. The molecule has 0 saturated carbocycles. The summed E-state index contributed by atoms with van der Waals surface area (Å²) in [7, 11) is 1.61. The number of carbonyl (C=O) groups is 1. The zero-order chi connectivity index (χ0) is 14.8. The Hall–Kier alpha value is -2.12. The molecule has 1 aromatic heterocycles. The topological polar surface area (TPSA) is 75.5 Å². The second-order valence-electron chi connectivity index (χ2n) is 4.51. The number of hydrogen-bond donors (Lipinski definition) is 1. The van der Waals surface area contributed by atoms with E-state index in [0.717, 1.165) is 27.0 Å². The summed E-state index contributed by atoms with van der Waals surface area (Å²) in [5.41, 5.74) is 1.64. The molecule has 0 bridgehead atoms. The maximum Gasteiger partial charge on any atom is 0.307 e. The van der Waals surface area contributed by atoms with Crippen molar-refractivity contribution in [2.75, 3.05) is 18.7 Å². The van der Waals surface area contributed by atoms with Crippen molar-refractivity contribution < 1.29 is 14.6 Å². The highest BCUT2D eigenvalue weighted by atomic mass is 32.2. The van der Waals surface area contributed by atoms with Crippen molar-refractivity contribution in [3.05, 3.63) is 36.2 Å². The molecule has 1 aliphatic rings. The smallest absolute Gasteiger partial charge is 0.307 e. The van der Waals surface area contributed by atoms with E-state index in [-0.39, 0.29) is 6.42 Å². The zero-order valence-electron chi connectivity index (χ0n) is 11.3. The van der Waals surface area contributed by atoms with Gasteiger partial charge >= 0.3 is 5.97 Å². The van der Waals surface area contributed by atoms with Crippen molar-refractivity contribution in [3.63, 3.8) is 0 Å². The predicted octanol–water partition coefficient (Wildman–Crippen LogP) is 2.31. The summed E-state index contributed by atoms with van der Waals surface area (Å²) >= 11 is 1.52. The summed E-state index contributed by atoms with van der Waals surface area (Å²) in [5, 5.41) is 9.75. The highest BCUT2D eigenvalue weighted by Crippen LogP contribution is 2.46. The van der Waals surface area contributed by atoms with E-state index in [9.17, 15) is 4.79 Å². The van der Waals surface area contributed by atoms with Gasteiger partial charge in [-0.2, -0.15) is 0 Å². The lowest BCUT2D eigenvalue weighted by atomic mass is 10.1. The third-order valence-electron chi connectivity index (χ3n) is 3.04. The average molecular weight is 303 g/mol. The molecule has 7 heteroatoms. The predicted molar refractivity (Wildman–Crippen MR) is 78.0 cm³/mol. The van der Waals surface area contributed by atoms with E-state index in [1.54, 1.807) is 19.5 Å². The number of carboxylic acids is 1. The molecule has 108 valence electrons. The van der Waals surface area contributed by atoms with E-state index >= 15 is 0 Å². The van der Waals surface area contributed by atoms with Gasteiger partial charge in [0.25, 0.3) is 0 Å². The molecule has 3 rings (SSSR count). The number of fused-ring (bicyclic) bond motifs is 2. The quantitative estimate of drug-likeness (QED) is 0.928. The summed E-state index contributed by atoms with van der Waals surface area (Å²) in [5.74, 6) is -0.124. The van der Waals surface area contributed by atoms with Crippen molar-refractivity contribution in [1.29, 1.82) is 0 Å². The van der Waals surface area contributed by atoms with E-state index in [0.29, 0.717) is 6.73 Å². The Morgan fingerprint density at radius 1 is 1.38 bits per heavy atom. The Bertz CT molecular complexity index is 693. The van der Waals surface area contributed by atoms with E-state index in [1.807, 2.05) is 23.1 Å². The molecule has 0 atom stereocenters. The molecule has 1 aromatic carbocycles. The van der Waals surface area contributed by atoms with Crippen LogP contribution in [0.15, 0.2) is 40.5 Å². The lowest BCUT2D eigenvalue weighted by molar-refractivity contribution is -0.136. The molecule has 1 N–H and O–H groups in total. The van der Waals surface area contributed by atoms with Gasteiger partial charge in [-0.1, -0.05) is 17.8 Å². The lowest BCUT2D eigenvalue weighted by Crippen LogP contribution is -2.24. The minimum Gasteiger partial charge on any atom is -0.481 e. The molecule has 0 unspecified atom stereocenters. The number of anilines is 2. The molecule has 0 aliphatic carbocycles. The molecule has 2 heterocycles. The SMILES string of the molecule is COCN1c2cc(CC(=O)O)ccc2Sc2nccnc21. The molecule has 0 fully saturated rings. The van der Waals surface area contributed by atoms with Crippen LogP contribution in [-0.2, 0) is 16.0 Å². The van der Waals surface area contributed by atoms with Gasteiger partial charge in [-0.15, -0.1) is 0 Å². The Morgan fingerprint density at radius 2 is 2.19 bits per heavy atom. The fraction of sp³-hybridized carbons (Fsp3) is 0.214. The van der Waals surface area contributed by atoms with Crippen LogP contribution in [0.3, 0.4) is 0 Å². The number of nitrogens with zero attached hydrogens (tertiary/aromatic N) is 3.